The molecule has 3 heterocycles. The van der Waals surface area contributed by atoms with Crippen LogP contribution in [0.1, 0.15) is 24.7 Å². The minimum absolute atomic E-state index is 0.0191. The fourth-order valence-electron chi connectivity index (χ4n) is 3.31. The molecule has 2 aromatic heterocycles. The van der Waals surface area contributed by atoms with E-state index in [0.29, 0.717) is 22.1 Å². The Morgan fingerprint density at radius 2 is 2.03 bits per heavy atom. The number of aromatic amines is 1. The molecule has 3 aromatic rings. The molecule has 10 nitrogen and oxygen atoms in total. The molecule has 156 valence electrons. The van der Waals surface area contributed by atoms with Gasteiger partial charge in [-0.2, -0.15) is 0 Å². The summed E-state index contributed by atoms with van der Waals surface area (Å²) < 4.78 is 2.26. The third kappa shape index (κ3) is 3.18. The number of hydrogen-bond acceptors (Lipinski definition) is 6. The Hall–Kier alpha value is -3.40. The Kier molecular flexibility index (Phi) is 4.73. The first-order valence-corrected chi connectivity index (χ1v) is 9.52. The highest BCUT2D eigenvalue weighted by Crippen LogP contribution is 2.29. The van der Waals surface area contributed by atoms with E-state index in [9.17, 15) is 14.4 Å². The number of oxime groups is 1. The molecular formula is C19H19ClN6O4. The minimum atomic E-state index is -1.20. The van der Waals surface area contributed by atoms with Crippen LogP contribution in [-0.2, 0) is 30.3 Å². The van der Waals surface area contributed by atoms with Crippen molar-refractivity contribution >= 4 is 34.4 Å². The van der Waals surface area contributed by atoms with E-state index in [1.165, 1.54) is 18.7 Å². The molecule has 0 fully saturated rings. The molecule has 0 bridgehead atoms. The van der Waals surface area contributed by atoms with Gasteiger partial charge in [0.25, 0.3) is 11.5 Å². The number of aromatic nitrogens is 4. The Labute approximate surface area is 175 Å². The van der Waals surface area contributed by atoms with Crippen LogP contribution in [0.3, 0.4) is 0 Å². The fourth-order valence-corrected chi connectivity index (χ4v) is 3.55. The van der Waals surface area contributed by atoms with Crippen LogP contribution in [0.25, 0.3) is 11.2 Å². The van der Waals surface area contributed by atoms with Crippen molar-refractivity contribution in [1.82, 2.24) is 24.4 Å². The van der Waals surface area contributed by atoms with Gasteiger partial charge in [-0.1, -0.05) is 35.0 Å². The van der Waals surface area contributed by atoms with Crippen molar-refractivity contribution in [3.63, 3.8) is 0 Å². The molecule has 11 heteroatoms. The van der Waals surface area contributed by atoms with Crippen LogP contribution in [0, 0.1) is 0 Å². The quantitative estimate of drug-likeness (QED) is 0.634. The van der Waals surface area contributed by atoms with Crippen LogP contribution >= 0.6 is 11.6 Å². The summed E-state index contributed by atoms with van der Waals surface area (Å²) in [5, 5.41) is 7.30. The normalized spacial score (nSPS) is 18.3. The highest BCUT2D eigenvalue weighted by Gasteiger charge is 2.42. The molecule has 0 saturated carbocycles. The van der Waals surface area contributed by atoms with Gasteiger partial charge < -0.3 is 15.1 Å². The molecule has 0 aliphatic carbocycles. The average molecular weight is 431 g/mol. The summed E-state index contributed by atoms with van der Waals surface area (Å²) in [6.45, 7) is 1.65. The summed E-state index contributed by atoms with van der Waals surface area (Å²) >= 11 is 6.20. The van der Waals surface area contributed by atoms with E-state index in [1.807, 2.05) is 18.2 Å². The van der Waals surface area contributed by atoms with Crippen LogP contribution in [0.2, 0.25) is 5.02 Å². The number of benzene rings is 1. The van der Waals surface area contributed by atoms with Crippen molar-refractivity contribution in [2.24, 2.45) is 19.3 Å². The van der Waals surface area contributed by atoms with E-state index < -0.39 is 22.8 Å². The van der Waals surface area contributed by atoms with Gasteiger partial charge in [-0.25, -0.2) is 9.78 Å². The molecule has 0 spiro atoms. The molecular weight excluding hydrogens is 412 g/mol. The number of H-pyrrole nitrogens is 1. The maximum Gasteiger partial charge on any atom is 0.332 e. The van der Waals surface area contributed by atoms with Crippen molar-refractivity contribution in [2.75, 3.05) is 0 Å². The van der Waals surface area contributed by atoms with E-state index in [-0.39, 0.29) is 24.1 Å². The van der Waals surface area contributed by atoms with E-state index in [2.05, 4.69) is 20.4 Å². The number of carbonyl (C=O) groups is 1. The van der Waals surface area contributed by atoms with Crippen LogP contribution in [0.15, 0.2) is 39.0 Å². The zero-order chi connectivity index (χ0) is 21.6. The van der Waals surface area contributed by atoms with Gasteiger partial charge in [-0.3, -0.25) is 18.7 Å². The third-order valence-electron chi connectivity index (χ3n) is 5.09. The Morgan fingerprint density at radius 1 is 1.30 bits per heavy atom. The van der Waals surface area contributed by atoms with Crippen molar-refractivity contribution in [3.05, 3.63) is 61.5 Å². The first-order chi connectivity index (χ1) is 14.2. The second-order valence-electron chi connectivity index (χ2n) is 7.29. The number of nitrogens with one attached hydrogen (secondary N) is 2. The van der Waals surface area contributed by atoms with E-state index >= 15 is 0 Å². The maximum atomic E-state index is 12.8. The molecule has 1 amide bonds. The van der Waals surface area contributed by atoms with Gasteiger partial charge in [0, 0.05) is 31.1 Å². The molecule has 4 rings (SSSR count). The van der Waals surface area contributed by atoms with Crippen molar-refractivity contribution in [1.29, 1.82) is 0 Å². The van der Waals surface area contributed by atoms with Gasteiger partial charge in [-0.15, -0.1) is 0 Å². The molecule has 0 radical (unpaired) electrons. The second kappa shape index (κ2) is 7.13. The summed E-state index contributed by atoms with van der Waals surface area (Å²) in [6, 6.07) is 7.20. The van der Waals surface area contributed by atoms with Gasteiger partial charge in [-0.05, 0) is 13.0 Å². The molecule has 1 unspecified atom stereocenters. The lowest BCUT2D eigenvalue weighted by Gasteiger charge is -2.20. The zero-order valence-electron chi connectivity index (χ0n) is 16.5. The lowest BCUT2D eigenvalue weighted by molar-refractivity contribution is -0.141. The first kappa shape index (κ1) is 19.9. The Bertz CT molecular complexity index is 1320. The van der Waals surface area contributed by atoms with Crippen LogP contribution in [-0.4, -0.2) is 36.3 Å². The lowest BCUT2D eigenvalue weighted by Crippen LogP contribution is -2.44. The van der Waals surface area contributed by atoms with Crippen LogP contribution < -0.4 is 16.6 Å². The number of hydrogen-bond donors (Lipinski definition) is 2. The van der Waals surface area contributed by atoms with E-state index in [0.717, 1.165) is 4.57 Å². The number of halogens is 1. The first-order valence-electron chi connectivity index (χ1n) is 9.14. The highest BCUT2D eigenvalue weighted by molar-refractivity contribution is 6.34. The third-order valence-corrected chi connectivity index (χ3v) is 5.42. The molecule has 1 aromatic carbocycles. The number of imidazole rings is 1. The van der Waals surface area contributed by atoms with Gasteiger partial charge in [0.1, 0.15) is 11.3 Å². The predicted octanol–water partition coefficient (Wildman–Crippen LogP) is 0.813. The number of aryl methyl sites for hydroxylation is 1. The van der Waals surface area contributed by atoms with Gasteiger partial charge >= 0.3 is 5.69 Å². The monoisotopic (exact) mass is 430 g/mol. The molecule has 2 N–H and O–H groups in total. The second-order valence-corrected chi connectivity index (χ2v) is 7.69. The summed E-state index contributed by atoms with van der Waals surface area (Å²) in [5.74, 6) is -0.0546. The summed E-state index contributed by atoms with van der Waals surface area (Å²) in [4.78, 5) is 49.6. The number of carbonyl (C=O) groups excluding carboxylic acids is 1. The van der Waals surface area contributed by atoms with E-state index in [1.54, 1.807) is 13.0 Å². The van der Waals surface area contributed by atoms with Crippen molar-refractivity contribution < 1.29 is 9.63 Å². The van der Waals surface area contributed by atoms with Gasteiger partial charge in [0.15, 0.2) is 5.65 Å². The molecule has 1 atom stereocenters. The number of fused-ring (bicyclic) bond motifs is 1. The van der Waals surface area contributed by atoms with Crippen LogP contribution in [0.4, 0.5) is 0 Å². The van der Waals surface area contributed by atoms with E-state index in [4.69, 9.17) is 16.4 Å². The largest absolute Gasteiger partial charge is 0.379 e. The van der Waals surface area contributed by atoms with Crippen molar-refractivity contribution in [2.45, 2.75) is 25.5 Å². The Balaban J connectivity index is 1.50. The highest BCUT2D eigenvalue weighted by atomic mass is 35.5. The number of nitrogens with zero attached hydrogens (tertiary/aromatic N) is 4. The smallest absolute Gasteiger partial charge is 0.332 e. The lowest BCUT2D eigenvalue weighted by atomic mass is 9.95. The molecule has 0 saturated heterocycles. The molecule has 1 aliphatic rings. The fraction of sp³-hybridized carbons (Fsp3) is 0.316. The maximum absolute atomic E-state index is 12.8. The molecule has 30 heavy (non-hydrogen) atoms. The predicted molar refractivity (Wildman–Crippen MR) is 111 cm³/mol. The summed E-state index contributed by atoms with van der Waals surface area (Å²) in [5.41, 5.74) is -0.460. The average Bonchev–Trinajstić information content (AvgIpc) is 3.34. The summed E-state index contributed by atoms with van der Waals surface area (Å²) in [7, 11) is 2.91. The molecule has 1 aliphatic heterocycles. The number of rotatable bonds is 4. The van der Waals surface area contributed by atoms with Crippen molar-refractivity contribution in [3.8, 4) is 0 Å². The topological polar surface area (TPSA) is 123 Å². The van der Waals surface area contributed by atoms with Gasteiger partial charge in [0.05, 0.1) is 12.3 Å². The zero-order valence-corrected chi connectivity index (χ0v) is 17.3. The Morgan fingerprint density at radius 3 is 2.77 bits per heavy atom. The van der Waals surface area contributed by atoms with Crippen LogP contribution in [0.5, 0.6) is 0 Å². The number of amides is 1. The summed E-state index contributed by atoms with van der Waals surface area (Å²) in [6.07, 6.45) is 0.248. The standard InChI is InChI=1S/C19H19ClN6O4/c1-19(8-12(24-30-19)10-6-4-5-7-11(10)20)17(28)21-9-13-22-14-15(23-13)25(2)18(29)26(3)16(14)27/h4-7H,8-9H2,1-3H3,(H,21,28)(H,22,23). The SMILES string of the molecule is Cn1c(=O)c2[nH]c(CNC(=O)C3(C)CC(c4ccccc4Cl)=NO3)nc2n(C)c1=O. The van der Waals surface area contributed by atoms with Gasteiger partial charge in [0.2, 0.25) is 5.60 Å². The minimum Gasteiger partial charge on any atom is -0.379 e.